The largest absolute Gasteiger partial charge is 0.868 e. The molecule has 1 aromatic heterocycles. The summed E-state index contributed by atoms with van der Waals surface area (Å²) < 4.78 is 10.4. The lowest BCUT2D eigenvalue weighted by Gasteiger charge is -2.16. The average Bonchev–Trinajstić information content (AvgIpc) is 2.46. The third kappa shape index (κ3) is 2.81. The molecule has 0 aliphatic heterocycles. The first-order valence-electron chi connectivity index (χ1n) is 6.65. The third-order valence-electron chi connectivity index (χ3n) is 3.29. The van der Waals surface area contributed by atoms with Crippen molar-refractivity contribution in [2.24, 2.45) is 0 Å². The van der Waals surface area contributed by atoms with Gasteiger partial charge in [0, 0.05) is 17.0 Å². The number of methoxy groups -OCH3 is 2. The van der Waals surface area contributed by atoms with Crippen LogP contribution in [0.2, 0.25) is 0 Å². The number of pyridine rings is 1. The monoisotopic (exact) mass is 309 g/mol. The second kappa shape index (κ2) is 6.30. The number of aromatic amines is 1. The van der Waals surface area contributed by atoms with Crippen molar-refractivity contribution in [3.05, 3.63) is 22.5 Å². The summed E-state index contributed by atoms with van der Waals surface area (Å²) in [5, 5.41) is 13.1. The van der Waals surface area contributed by atoms with Crippen molar-refractivity contribution in [2.75, 3.05) is 26.2 Å². The van der Waals surface area contributed by atoms with E-state index in [0.717, 1.165) is 12.2 Å². The molecule has 114 valence electrons. The smallest absolute Gasteiger partial charge is 0.303 e. The van der Waals surface area contributed by atoms with Gasteiger partial charge in [0.2, 0.25) is 4.90 Å². The van der Waals surface area contributed by atoms with E-state index in [-0.39, 0.29) is 22.2 Å². The lowest BCUT2D eigenvalue weighted by Crippen LogP contribution is -2.22. The SMILES string of the molecule is CCC[S+](C)c1c([O-])c2cc(OC)c(OC)cc2[nH]c1=O. The van der Waals surface area contributed by atoms with Gasteiger partial charge in [-0.25, -0.2) is 0 Å². The lowest BCUT2D eigenvalue weighted by atomic mass is 10.2. The van der Waals surface area contributed by atoms with Crippen LogP contribution >= 0.6 is 0 Å². The highest BCUT2D eigenvalue weighted by Gasteiger charge is 2.22. The molecule has 5 nitrogen and oxygen atoms in total. The van der Waals surface area contributed by atoms with Gasteiger partial charge in [-0.05, 0) is 23.6 Å². The summed E-state index contributed by atoms with van der Waals surface area (Å²) in [5.74, 6) is 1.58. The Hall–Kier alpha value is -1.82. The Morgan fingerprint density at radius 3 is 2.43 bits per heavy atom. The maximum atomic E-state index is 12.6. The van der Waals surface area contributed by atoms with E-state index in [2.05, 4.69) is 4.98 Å². The summed E-state index contributed by atoms with van der Waals surface area (Å²) in [7, 11) is 2.67. The van der Waals surface area contributed by atoms with E-state index < -0.39 is 0 Å². The van der Waals surface area contributed by atoms with Gasteiger partial charge in [0.15, 0.2) is 11.5 Å². The van der Waals surface area contributed by atoms with Gasteiger partial charge < -0.3 is 19.6 Å². The molecule has 1 unspecified atom stereocenters. The highest BCUT2D eigenvalue weighted by Crippen LogP contribution is 2.35. The highest BCUT2D eigenvalue weighted by atomic mass is 32.2. The molecule has 0 saturated heterocycles. The van der Waals surface area contributed by atoms with Gasteiger partial charge in [0.1, 0.15) is 12.0 Å². The van der Waals surface area contributed by atoms with Gasteiger partial charge >= 0.3 is 5.56 Å². The quantitative estimate of drug-likeness (QED) is 0.852. The first-order valence-corrected chi connectivity index (χ1v) is 8.45. The molecule has 1 heterocycles. The van der Waals surface area contributed by atoms with Gasteiger partial charge in [-0.15, -0.1) is 0 Å². The minimum absolute atomic E-state index is 0.214. The Morgan fingerprint density at radius 2 is 1.86 bits per heavy atom. The molecular weight excluding hydrogens is 290 g/mol. The van der Waals surface area contributed by atoms with Crippen molar-refractivity contribution < 1.29 is 14.6 Å². The third-order valence-corrected chi connectivity index (χ3v) is 5.38. The maximum Gasteiger partial charge on any atom is 0.303 e. The number of aromatic nitrogens is 1. The topological polar surface area (TPSA) is 74.4 Å². The van der Waals surface area contributed by atoms with Gasteiger partial charge in [0.25, 0.3) is 0 Å². The van der Waals surface area contributed by atoms with E-state index in [0.29, 0.717) is 27.3 Å². The molecule has 0 radical (unpaired) electrons. The van der Waals surface area contributed by atoms with Crippen molar-refractivity contribution in [1.82, 2.24) is 4.98 Å². The number of benzene rings is 1. The fraction of sp³-hybridized carbons (Fsp3) is 0.400. The predicted octanol–water partition coefficient (Wildman–Crippen LogP) is 1.64. The zero-order valence-electron chi connectivity index (χ0n) is 12.6. The maximum absolute atomic E-state index is 12.6. The van der Waals surface area contributed by atoms with Crippen LogP contribution in [0.3, 0.4) is 0 Å². The van der Waals surface area contributed by atoms with E-state index in [1.807, 2.05) is 13.2 Å². The van der Waals surface area contributed by atoms with Crippen LogP contribution in [-0.4, -0.2) is 31.2 Å². The Labute approximate surface area is 126 Å². The van der Waals surface area contributed by atoms with Gasteiger partial charge in [-0.3, -0.25) is 4.79 Å². The Kier molecular flexibility index (Phi) is 4.67. The number of hydrogen-bond acceptors (Lipinski definition) is 4. The number of nitrogens with one attached hydrogen (secondary N) is 1. The fourth-order valence-corrected chi connectivity index (χ4v) is 3.91. The summed E-state index contributed by atoms with van der Waals surface area (Å²) >= 11 is 0. The van der Waals surface area contributed by atoms with Crippen molar-refractivity contribution >= 4 is 21.8 Å². The molecule has 0 spiro atoms. The molecule has 2 rings (SSSR count). The normalized spacial score (nSPS) is 12.4. The van der Waals surface area contributed by atoms with Crippen molar-refractivity contribution in [2.45, 2.75) is 18.2 Å². The van der Waals surface area contributed by atoms with E-state index in [4.69, 9.17) is 9.47 Å². The molecule has 21 heavy (non-hydrogen) atoms. The molecule has 2 aromatic rings. The summed E-state index contributed by atoms with van der Waals surface area (Å²) in [6.07, 6.45) is 2.87. The summed E-state index contributed by atoms with van der Waals surface area (Å²) in [6, 6.07) is 3.24. The zero-order valence-corrected chi connectivity index (χ0v) is 13.4. The second-order valence-electron chi connectivity index (χ2n) is 4.71. The first kappa shape index (κ1) is 15.6. The second-order valence-corrected chi connectivity index (χ2v) is 6.80. The van der Waals surface area contributed by atoms with E-state index in [9.17, 15) is 9.90 Å². The van der Waals surface area contributed by atoms with Crippen LogP contribution in [0.25, 0.3) is 10.9 Å². The number of fused-ring (bicyclic) bond motifs is 1. The van der Waals surface area contributed by atoms with Crippen LogP contribution in [0.5, 0.6) is 17.2 Å². The standard InChI is InChI=1S/C15H19NO4S/c1-5-6-21(4)14-13(17)9-7-11(19-2)12(20-3)8-10(9)16-15(14)18/h7-8H,5-6H2,1-4H3,(H-,16,17,18). The molecule has 0 aliphatic carbocycles. The molecule has 6 heteroatoms. The number of rotatable bonds is 5. The van der Waals surface area contributed by atoms with E-state index >= 15 is 0 Å². The van der Waals surface area contributed by atoms with Crippen LogP contribution in [0.1, 0.15) is 13.3 Å². The van der Waals surface area contributed by atoms with Crippen molar-refractivity contribution in [3.63, 3.8) is 0 Å². The molecule has 0 aliphatic rings. The van der Waals surface area contributed by atoms with Gasteiger partial charge in [-0.2, -0.15) is 0 Å². The fourth-order valence-electron chi connectivity index (χ4n) is 2.30. The summed E-state index contributed by atoms with van der Waals surface area (Å²) in [6.45, 7) is 2.04. The van der Waals surface area contributed by atoms with Crippen LogP contribution in [0.4, 0.5) is 0 Å². The molecule has 1 N–H and O–H groups in total. The van der Waals surface area contributed by atoms with E-state index in [1.54, 1.807) is 12.1 Å². The Morgan fingerprint density at radius 1 is 1.24 bits per heavy atom. The minimum Gasteiger partial charge on any atom is -0.868 e. The van der Waals surface area contributed by atoms with E-state index in [1.165, 1.54) is 14.2 Å². The molecule has 0 fully saturated rings. The summed E-state index contributed by atoms with van der Waals surface area (Å²) in [4.78, 5) is 15.3. The van der Waals surface area contributed by atoms with Crippen LogP contribution in [0, 0.1) is 0 Å². The highest BCUT2D eigenvalue weighted by molar-refractivity contribution is 7.96. The average molecular weight is 309 g/mol. The molecule has 0 amide bonds. The Balaban J connectivity index is 2.73. The van der Waals surface area contributed by atoms with Crippen LogP contribution in [0.15, 0.2) is 21.8 Å². The van der Waals surface area contributed by atoms with Crippen molar-refractivity contribution in [1.29, 1.82) is 0 Å². The first-order chi connectivity index (χ1) is 10.0. The molecule has 0 bridgehead atoms. The molecule has 1 atom stereocenters. The number of ether oxygens (including phenoxy) is 2. The van der Waals surface area contributed by atoms with Crippen molar-refractivity contribution in [3.8, 4) is 17.2 Å². The van der Waals surface area contributed by atoms with Crippen LogP contribution < -0.4 is 20.1 Å². The van der Waals surface area contributed by atoms with Crippen LogP contribution in [-0.2, 0) is 10.9 Å². The zero-order chi connectivity index (χ0) is 15.6. The molecule has 1 aromatic carbocycles. The molecule has 0 saturated carbocycles. The van der Waals surface area contributed by atoms with Gasteiger partial charge in [-0.1, -0.05) is 6.92 Å². The predicted molar refractivity (Wildman–Crippen MR) is 83.8 cm³/mol. The number of hydrogen-bond donors (Lipinski definition) is 1. The minimum atomic E-state index is -0.357. The van der Waals surface area contributed by atoms with Gasteiger partial charge in [0.05, 0.1) is 19.7 Å². The lowest BCUT2D eigenvalue weighted by molar-refractivity contribution is -0.270. The molecular formula is C15H19NO4S. The summed E-state index contributed by atoms with van der Waals surface area (Å²) in [5.41, 5.74) is 0.166. The number of H-pyrrole nitrogens is 1. The Bertz CT molecular complexity index is 711.